The molecule has 0 aromatic heterocycles. The maximum absolute atomic E-state index is 12.4. The highest BCUT2D eigenvalue weighted by Gasteiger charge is 2.42. The predicted octanol–water partition coefficient (Wildman–Crippen LogP) is 3.44. The number of aliphatic carboxylic acids is 1. The van der Waals surface area contributed by atoms with E-state index in [1.54, 1.807) is 45.0 Å². The van der Waals surface area contributed by atoms with Crippen LogP contribution >= 0.6 is 11.6 Å². The second kappa shape index (κ2) is 6.96. The van der Waals surface area contributed by atoms with Crippen molar-refractivity contribution in [3.63, 3.8) is 0 Å². The Labute approximate surface area is 139 Å². The molecule has 1 aliphatic rings. The molecular formula is C17H18ClNO4. The number of carbonyl (C=O) groups is 2. The zero-order valence-corrected chi connectivity index (χ0v) is 13.9. The van der Waals surface area contributed by atoms with Crippen LogP contribution in [-0.2, 0) is 14.3 Å². The van der Waals surface area contributed by atoms with E-state index in [0.29, 0.717) is 22.0 Å². The van der Waals surface area contributed by atoms with Crippen LogP contribution in [0.15, 0.2) is 40.5 Å². The van der Waals surface area contributed by atoms with Gasteiger partial charge < -0.3 is 9.84 Å². The summed E-state index contributed by atoms with van der Waals surface area (Å²) in [5.41, 5.74) is 1.73. The fraction of sp³-hybridized carbons (Fsp3) is 0.353. The monoisotopic (exact) mass is 335 g/mol. The first kappa shape index (κ1) is 17.2. The highest BCUT2D eigenvalue weighted by atomic mass is 35.5. The van der Waals surface area contributed by atoms with E-state index in [2.05, 4.69) is 4.99 Å². The number of carboxylic acid groups (broad SMARTS) is 1. The van der Waals surface area contributed by atoms with E-state index in [9.17, 15) is 14.7 Å². The van der Waals surface area contributed by atoms with E-state index >= 15 is 0 Å². The molecule has 0 radical (unpaired) electrons. The first-order chi connectivity index (χ1) is 10.9. The first-order valence-electron chi connectivity index (χ1n) is 7.28. The highest BCUT2D eigenvalue weighted by molar-refractivity contribution is 6.31. The van der Waals surface area contributed by atoms with Gasteiger partial charge in [0.15, 0.2) is 0 Å². The largest absolute Gasteiger partial charge is 0.481 e. The molecule has 2 unspecified atom stereocenters. The number of hydrogen-bond donors (Lipinski definition) is 1. The number of halogens is 1. The Morgan fingerprint density at radius 2 is 1.96 bits per heavy atom. The van der Waals surface area contributed by atoms with Gasteiger partial charge in [0.1, 0.15) is 5.92 Å². The molecule has 0 spiro atoms. The summed E-state index contributed by atoms with van der Waals surface area (Å²) in [5, 5.41) is 10.1. The number of aliphatic imine (C=N–C) groups is 1. The molecule has 0 bridgehead atoms. The molecule has 0 fully saturated rings. The second-order valence-corrected chi connectivity index (χ2v) is 5.70. The third-order valence-corrected chi connectivity index (χ3v) is 4.17. The lowest BCUT2D eigenvalue weighted by Crippen LogP contribution is -2.35. The molecule has 23 heavy (non-hydrogen) atoms. The van der Waals surface area contributed by atoms with Gasteiger partial charge in [0.2, 0.25) is 0 Å². The number of esters is 1. The molecule has 0 saturated carbocycles. The molecule has 1 aromatic carbocycles. The zero-order valence-electron chi connectivity index (χ0n) is 13.2. The third-order valence-electron chi connectivity index (χ3n) is 3.83. The fourth-order valence-electron chi connectivity index (χ4n) is 2.89. The number of allylic oxidation sites excluding steroid dienone is 1. The molecule has 0 saturated heterocycles. The smallest absolute Gasteiger partial charge is 0.336 e. The van der Waals surface area contributed by atoms with Gasteiger partial charge in [0.05, 0.1) is 12.2 Å². The van der Waals surface area contributed by atoms with Crippen LogP contribution in [0.5, 0.6) is 0 Å². The summed E-state index contributed by atoms with van der Waals surface area (Å²) in [6, 6.07) is 6.92. The number of benzene rings is 1. The minimum atomic E-state index is -1.05. The topological polar surface area (TPSA) is 76.0 Å². The van der Waals surface area contributed by atoms with Crippen LogP contribution in [0.1, 0.15) is 32.3 Å². The minimum absolute atomic E-state index is 0.200. The summed E-state index contributed by atoms with van der Waals surface area (Å²) >= 11 is 6.26. The van der Waals surface area contributed by atoms with Gasteiger partial charge in [-0.05, 0) is 32.4 Å². The lowest BCUT2D eigenvalue weighted by Gasteiger charge is -2.30. The van der Waals surface area contributed by atoms with Crippen molar-refractivity contribution in [1.29, 1.82) is 0 Å². The molecule has 0 amide bonds. The van der Waals surface area contributed by atoms with Crippen LogP contribution in [0.3, 0.4) is 0 Å². The number of carbonyl (C=O) groups excluding carboxylic acids is 1. The van der Waals surface area contributed by atoms with E-state index in [-0.39, 0.29) is 12.2 Å². The molecular weight excluding hydrogens is 318 g/mol. The third kappa shape index (κ3) is 3.29. The van der Waals surface area contributed by atoms with Crippen LogP contribution in [0.25, 0.3) is 0 Å². The Hall–Kier alpha value is -2.14. The number of nitrogens with zero attached hydrogens (tertiary/aromatic N) is 1. The van der Waals surface area contributed by atoms with E-state index in [1.807, 2.05) is 0 Å². The Bertz CT molecular complexity index is 708. The Morgan fingerprint density at radius 3 is 2.52 bits per heavy atom. The Kier molecular flexibility index (Phi) is 5.21. The maximum Gasteiger partial charge on any atom is 0.336 e. The van der Waals surface area contributed by atoms with Crippen LogP contribution < -0.4 is 0 Å². The minimum Gasteiger partial charge on any atom is -0.481 e. The van der Waals surface area contributed by atoms with Crippen molar-refractivity contribution < 1.29 is 19.4 Å². The van der Waals surface area contributed by atoms with Gasteiger partial charge in [-0.1, -0.05) is 29.8 Å². The lowest BCUT2D eigenvalue weighted by atomic mass is 9.75. The number of ether oxygens (including phenoxy) is 1. The van der Waals surface area contributed by atoms with Crippen molar-refractivity contribution in [1.82, 2.24) is 0 Å². The predicted molar refractivity (Wildman–Crippen MR) is 87.8 cm³/mol. The molecule has 2 rings (SSSR count). The van der Waals surface area contributed by atoms with Crippen molar-refractivity contribution in [2.75, 3.05) is 6.61 Å². The van der Waals surface area contributed by atoms with E-state index in [4.69, 9.17) is 16.3 Å². The van der Waals surface area contributed by atoms with E-state index in [1.165, 1.54) is 0 Å². The molecule has 6 heteroatoms. The van der Waals surface area contributed by atoms with Crippen LogP contribution in [0.2, 0.25) is 5.02 Å². The van der Waals surface area contributed by atoms with Crippen molar-refractivity contribution in [3.05, 3.63) is 46.1 Å². The van der Waals surface area contributed by atoms with Gasteiger partial charge in [0.25, 0.3) is 0 Å². The summed E-state index contributed by atoms with van der Waals surface area (Å²) in [6.45, 7) is 5.22. The number of carboxylic acids is 1. The van der Waals surface area contributed by atoms with Gasteiger partial charge in [-0.15, -0.1) is 0 Å². The van der Waals surface area contributed by atoms with Gasteiger partial charge in [-0.25, -0.2) is 4.79 Å². The van der Waals surface area contributed by atoms with Gasteiger partial charge in [-0.3, -0.25) is 9.79 Å². The summed E-state index contributed by atoms with van der Waals surface area (Å²) in [7, 11) is 0. The average Bonchev–Trinajstić information content (AvgIpc) is 2.46. The maximum atomic E-state index is 12.4. The number of hydrogen-bond acceptors (Lipinski definition) is 4. The van der Waals surface area contributed by atoms with Crippen LogP contribution in [-0.4, -0.2) is 29.4 Å². The molecule has 1 N–H and O–H groups in total. The average molecular weight is 336 g/mol. The molecule has 1 heterocycles. The fourth-order valence-corrected chi connectivity index (χ4v) is 3.15. The summed E-state index contributed by atoms with van der Waals surface area (Å²) < 4.78 is 5.10. The quantitative estimate of drug-likeness (QED) is 0.855. The SMILES string of the molecule is CCOC(=O)C1=C(C)N=C(C)C(C(=O)O)C1c1ccccc1Cl. The van der Waals surface area contributed by atoms with Gasteiger partial charge in [-0.2, -0.15) is 0 Å². The van der Waals surface area contributed by atoms with Crippen LogP contribution in [0.4, 0.5) is 0 Å². The summed E-state index contributed by atoms with van der Waals surface area (Å²) in [6.07, 6.45) is 0. The van der Waals surface area contributed by atoms with Crippen molar-refractivity contribution in [2.24, 2.45) is 10.9 Å². The zero-order chi connectivity index (χ0) is 17.1. The standard InChI is InChI=1S/C17H18ClNO4/c1-4-23-17(22)14-10(3)19-9(2)13(16(20)21)15(14)11-7-5-6-8-12(11)18/h5-8,13,15H,4H2,1-3H3,(H,20,21). The summed E-state index contributed by atoms with van der Waals surface area (Å²) in [5.74, 6) is -3.29. The molecule has 0 aliphatic carbocycles. The second-order valence-electron chi connectivity index (χ2n) is 5.29. The first-order valence-corrected chi connectivity index (χ1v) is 7.66. The number of rotatable bonds is 4. The van der Waals surface area contributed by atoms with Gasteiger partial charge in [0, 0.05) is 22.3 Å². The van der Waals surface area contributed by atoms with E-state index < -0.39 is 23.8 Å². The van der Waals surface area contributed by atoms with Gasteiger partial charge >= 0.3 is 11.9 Å². The van der Waals surface area contributed by atoms with Crippen LogP contribution in [0, 0.1) is 5.92 Å². The Balaban J connectivity index is 2.68. The molecule has 1 aliphatic heterocycles. The Morgan fingerprint density at radius 1 is 1.30 bits per heavy atom. The normalized spacial score (nSPS) is 21.0. The van der Waals surface area contributed by atoms with Crippen molar-refractivity contribution in [2.45, 2.75) is 26.7 Å². The summed E-state index contributed by atoms with van der Waals surface area (Å²) in [4.78, 5) is 28.4. The van der Waals surface area contributed by atoms with Crippen molar-refractivity contribution in [3.8, 4) is 0 Å². The molecule has 122 valence electrons. The lowest BCUT2D eigenvalue weighted by molar-refractivity contribution is -0.141. The molecule has 5 nitrogen and oxygen atoms in total. The highest BCUT2D eigenvalue weighted by Crippen LogP contribution is 2.41. The van der Waals surface area contributed by atoms with E-state index in [0.717, 1.165) is 0 Å². The van der Waals surface area contributed by atoms with Crippen molar-refractivity contribution >= 4 is 29.3 Å². The molecule has 1 aromatic rings. The molecule has 2 atom stereocenters.